The van der Waals surface area contributed by atoms with Crippen LogP contribution >= 0.6 is 0 Å². The van der Waals surface area contributed by atoms with Crippen molar-refractivity contribution in [3.63, 3.8) is 0 Å². The Morgan fingerprint density at radius 2 is 2.00 bits per heavy atom. The average Bonchev–Trinajstić information content (AvgIpc) is 2.33. The van der Waals surface area contributed by atoms with E-state index in [0.717, 1.165) is 19.4 Å². The van der Waals surface area contributed by atoms with Crippen LogP contribution in [0.3, 0.4) is 0 Å². The minimum Gasteiger partial charge on any atom is -0.310 e. The molecule has 1 fully saturated rings. The Morgan fingerprint density at radius 3 is 2.53 bits per heavy atom. The van der Waals surface area contributed by atoms with Crippen LogP contribution in [0.2, 0.25) is 0 Å². The van der Waals surface area contributed by atoms with Gasteiger partial charge in [0.2, 0.25) is 0 Å². The zero-order chi connectivity index (χ0) is 14.5. The summed E-state index contributed by atoms with van der Waals surface area (Å²) in [4.78, 5) is 0. The number of hydrogen-bond donors (Lipinski definition) is 1. The fourth-order valence-corrected chi connectivity index (χ4v) is 2.88. The molecule has 1 saturated carbocycles. The monoisotopic (exact) mass is 277 g/mol. The van der Waals surface area contributed by atoms with Crippen molar-refractivity contribution >= 4 is 0 Å². The fraction of sp³-hybridized carbons (Fsp3) is 0.867. The van der Waals surface area contributed by atoms with E-state index in [2.05, 4.69) is 18.3 Å². The van der Waals surface area contributed by atoms with Gasteiger partial charge in [0.15, 0.2) is 0 Å². The highest BCUT2D eigenvalue weighted by Crippen LogP contribution is 2.41. The van der Waals surface area contributed by atoms with E-state index in [9.17, 15) is 13.2 Å². The Bertz CT molecular complexity index is 292. The van der Waals surface area contributed by atoms with Crippen molar-refractivity contribution in [1.29, 1.82) is 0 Å². The second kappa shape index (κ2) is 7.32. The molecule has 1 rings (SSSR count). The van der Waals surface area contributed by atoms with Gasteiger partial charge in [-0.05, 0) is 52.0 Å². The van der Waals surface area contributed by atoms with Crippen molar-refractivity contribution in [3.8, 4) is 0 Å². The largest absolute Gasteiger partial charge is 0.391 e. The smallest absolute Gasteiger partial charge is 0.310 e. The molecule has 19 heavy (non-hydrogen) atoms. The third-order valence-corrected chi connectivity index (χ3v) is 3.83. The third-order valence-electron chi connectivity index (χ3n) is 3.83. The molecule has 3 atom stereocenters. The van der Waals surface area contributed by atoms with E-state index in [1.54, 1.807) is 0 Å². The predicted molar refractivity (Wildman–Crippen MR) is 73.0 cm³/mol. The van der Waals surface area contributed by atoms with Gasteiger partial charge < -0.3 is 5.32 Å². The van der Waals surface area contributed by atoms with Crippen molar-refractivity contribution in [1.82, 2.24) is 5.32 Å². The Labute approximate surface area is 114 Å². The maximum absolute atomic E-state index is 12.9. The lowest BCUT2D eigenvalue weighted by atomic mass is 9.77. The Kier molecular flexibility index (Phi) is 6.37. The first kappa shape index (κ1) is 16.5. The van der Waals surface area contributed by atoms with Crippen molar-refractivity contribution in [2.45, 2.75) is 65.1 Å². The van der Waals surface area contributed by atoms with Gasteiger partial charge in [-0.2, -0.15) is 13.2 Å². The molecule has 0 radical (unpaired) electrons. The number of halogens is 3. The van der Waals surface area contributed by atoms with Crippen LogP contribution in [0, 0.1) is 11.8 Å². The zero-order valence-electron chi connectivity index (χ0n) is 12.2. The second-order valence-electron chi connectivity index (χ2n) is 5.89. The molecule has 0 aromatic heterocycles. The Hall–Kier alpha value is -0.510. The minimum absolute atomic E-state index is 0.0927. The lowest BCUT2D eigenvalue weighted by Crippen LogP contribution is -2.40. The third kappa shape index (κ3) is 5.55. The Morgan fingerprint density at radius 1 is 1.32 bits per heavy atom. The topological polar surface area (TPSA) is 12.0 Å². The molecule has 0 aromatic rings. The van der Waals surface area contributed by atoms with Gasteiger partial charge >= 0.3 is 6.18 Å². The molecule has 0 aromatic carbocycles. The molecule has 0 aliphatic heterocycles. The normalized spacial score (nSPS) is 26.0. The van der Waals surface area contributed by atoms with E-state index in [0.29, 0.717) is 12.8 Å². The highest BCUT2D eigenvalue weighted by molar-refractivity contribution is 5.04. The van der Waals surface area contributed by atoms with Crippen LogP contribution in [0.5, 0.6) is 0 Å². The van der Waals surface area contributed by atoms with Crippen LogP contribution < -0.4 is 5.32 Å². The Balaban J connectivity index is 2.70. The first-order valence-electron chi connectivity index (χ1n) is 7.29. The molecule has 3 unspecified atom stereocenters. The maximum Gasteiger partial charge on any atom is 0.391 e. The highest BCUT2D eigenvalue weighted by atomic mass is 19.4. The van der Waals surface area contributed by atoms with Crippen LogP contribution in [0.15, 0.2) is 11.6 Å². The van der Waals surface area contributed by atoms with Gasteiger partial charge in [-0.15, -0.1) is 0 Å². The highest BCUT2D eigenvalue weighted by Gasteiger charge is 2.43. The number of alkyl halides is 3. The maximum atomic E-state index is 12.9. The molecule has 4 heteroatoms. The van der Waals surface area contributed by atoms with Gasteiger partial charge in [0, 0.05) is 6.04 Å². The molecular formula is C15H26F3N. The van der Waals surface area contributed by atoms with E-state index >= 15 is 0 Å². The summed E-state index contributed by atoms with van der Waals surface area (Å²) in [5, 5.41) is 3.40. The molecule has 1 aliphatic rings. The zero-order valence-corrected chi connectivity index (χ0v) is 12.2. The molecule has 1 N–H and O–H groups in total. The van der Waals surface area contributed by atoms with E-state index in [-0.39, 0.29) is 18.4 Å². The van der Waals surface area contributed by atoms with Crippen LogP contribution in [0.25, 0.3) is 0 Å². The molecule has 1 aliphatic carbocycles. The van der Waals surface area contributed by atoms with Crippen LogP contribution in [0.4, 0.5) is 13.2 Å². The predicted octanol–water partition coefficient (Wildman–Crippen LogP) is 4.69. The van der Waals surface area contributed by atoms with Gasteiger partial charge in [0.25, 0.3) is 0 Å². The number of allylic oxidation sites excluding steroid dienone is 1. The van der Waals surface area contributed by atoms with Gasteiger partial charge in [0.1, 0.15) is 0 Å². The van der Waals surface area contributed by atoms with E-state index in [1.807, 2.05) is 13.8 Å². The van der Waals surface area contributed by atoms with Crippen LogP contribution in [-0.2, 0) is 0 Å². The first-order valence-corrected chi connectivity index (χ1v) is 7.29. The van der Waals surface area contributed by atoms with Crippen molar-refractivity contribution in [2.24, 2.45) is 11.8 Å². The summed E-state index contributed by atoms with van der Waals surface area (Å²) in [6.45, 7) is 6.95. The lowest BCUT2D eigenvalue weighted by molar-refractivity contribution is -0.186. The molecule has 112 valence electrons. The summed E-state index contributed by atoms with van der Waals surface area (Å²) >= 11 is 0. The van der Waals surface area contributed by atoms with Gasteiger partial charge in [-0.25, -0.2) is 0 Å². The minimum atomic E-state index is -4.03. The molecule has 0 bridgehead atoms. The number of rotatable bonds is 5. The quantitative estimate of drug-likeness (QED) is 0.719. The molecule has 1 nitrogen and oxygen atoms in total. The summed E-state index contributed by atoms with van der Waals surface area (Å²) in [5.74, 6) is -0.996. The SMILES string of the molecule is CCCNC(C=C(C)C)C1CCCC(C(F)(F)F)C1. The molecule has 0 saturated heterocycles. The van der Waals surface area contributed by atoms with E-state index < -0.39 is 12.1 Å². The van der Waals surface area contributed by atoms with Crippen molar-refractivity contribution < 1.29 is 13.2 Å². The standard InChI is InChI=1S/C15H26F3N/c1-4-8-19-14(9-11(2)3)12-6-5-7-13(10-12)15(16,17)18/h9,12-14,19H,4-8,10H2,1-3H3. The first-order chi connectivity index (χ1) is 8.84. The van der Waals surface area contributed by atoms with Gasteiger partial charge in [0.05, 0.1) is 5.92 Å². The van der Waals surface area contributed by atoms with E-state index in [4.69, 9.17) is 0 Å². The van der Waals surface area contributed by atoms with Crippen molar-refractivity contribution in [3.05, 3.63) is 11.6 Å². The summed E-state index contributed by atoms with van der Waals surface area (Å²) < 4.78 is 38.6. The summed E-state index contributed by atoms with van der Waals surface area (Å²) in [6.07, 6.45) is 1.23. The van der Waals surface area contributed by atoms with Crippen LogP contribution in [-0.4, -0.2) is 18.8 Å². The molecule has 0 heterocycles. The molecule has 0 amide bonds. The van der Waals surface area contributed by atoms with Crippen molar-refractivity contribution in [2.75, 3.05) is 6.54 Å². The number of nitrogens with one attached hydrogen (secondary N) is 1. The van der Waals surface area contributed by atoms with Gasteiger partial charge in [-0.3, -0.25) is 0 Å². The van der Waals surface area contributed by atoms with E-state index in [1.165, 1.54) is 5.57 Å². The number of hydrogen-bond acceptors (Lipinski definition) is 1. The summed E-state index contributed by atoms with van der Waals surface area (Å²) in [7, 11) is 0. The van der Waals surface area contributed by atoms with Crippen LogP contribution in [0.1, 0.15) is 52.9 Å². The lowest BCUT2D eigenvalue weighted by Gasteiger charge is -2.35. The van der Waals surface area contributed by atoms with Gasteiger partial charge in [-0.1, -0.05) is 25.0 Å². The summed E-state index contributed by atoms with van der Waals surface area (Å²) in [5.41, 5.74) is 1.17. The summed E-state index contributed by atoms with van der Waals surface area (Å²) in [6, 6.07) is 0.0927. The molecule has 0 spiro atoms. The average molecular weight is 277 g/mol. The second-order valence-corrected chi connectivity index (χ2v) is 5.89. The fourth-order valence-electron chi connectivity index (χ4n) is 2.88. The molecular weight excluding hydrogens is 251 g/mol.